The van der Waals surface area contributed by atoms with Crippen molar-refractivity contribution in [2.45, 2.75) is 13.0 Å². The normalized spacial score (nSPS) is 14.5. The predicted octanol–water partition coefficient (Wildman–Crippen LogP) is 5.38. The average molecular weight is 471 g/mol. The van der Waals surface area contributed by atoms with Crippen LogP contribution in [-0.2, 0) is 0 Å². The van der Waals surface area contributed by atoms with Gasteiger partial charge in [-0.05, 0) is 30.2 Å². The van der Waals surface area contributed by atoms with Gasteiger partial charge in [0.15, 0.2) is 0 Å². The van der Waals surface area contributed by atoms with Crippen molar-refractivity contribution in [2.24, 2.45) is 0 Å². The number of carbonyl (C=O) groups is 1. The van der Waals surface area contributed by atoms with Crippen molar-refractivity contribution in [1.82, 2.24) is 19.6 Å². The average Bonchev–Trinajstić information content (AvgIpc) is 3.19. The zero-order valence-electron chi connectivity index (χ0n) is 19.1. The Kier molecular flexibility index (Phi) is 6.48. The van der Waals surface area contributed by atoms with Crippen LogP contribution < -0.4 is 0 Å². The maximum atomic E-state index is 13.5. The van der Waals surface area contributed by atoms with Crippen molar-refractivity contribution in [3.63, 3.8) is 0 Å². The van der Waals surface area contributed by atoms with Gasteiger partial charge in [0.2, 0.25) is 0 Å². The smallest absolute Gasteiger partial charge is 0.258 e. The van der Waals surface area contributed by atoms with E-state index in [0.717, 1.165) is 18.8 Å². The second kappa shape index (κ2) is 9.84. The minimum Gasteiger partial charge on any atom is -0.336 e. The molecule has 5 nitrogen and oxygen atoms in total. The molecule has 1 aliphatic heterocycles. The molecule has 0 bridgehead atoms. The summed E-state index contributed by atoms with van der Waals surface area (Å²) in [4.78, 5) is 17.8. The van der Waals surface area contributed by atoms with Gasteiger partial charge in [-0.1, -0.05) is 90.5 Å². The predicted molar refractivity (Wildman–Crippen MR) is 136 cm³/mol. The highest BCUT2D eigenvalue weighted by Gasteiger charge is 2.31. The number of benzene rings is 3. The summed E-state index contributed by atoms with van der Waals surface area (Å²) >= 11 is 6.66. The third-order valence-electron chi connectivity index (χ3n) is 6.42. The van der Waals surface area contributed by atoms with E-state index in [0.29, 0.717) is 29.5 Å². The van der Waals surface area contributed by atoms with Gasteiger partial charge < -0.3 is 4.90 Å². The number of aromatic nitrogens is 2. The van der Waals surface area contributed by atoms with Gasteiger partial charge in [0.05, 0.1) is 23.0 Å². The van der Waals surface area contributed by atoms with E-state index in [9.17, 15) is 4.79 Å². The number of nitrogens with zero attached hydrogens (tertiary/aromatic N) is 4. The lowest BCUT2D eigenvalue weighted by molar-refractivity contribution is 0.0597. The number of aryl methyl sites for hydroxylation is 1. The van der Waals surface area contributed by atoms with Crippen LogP contribution in [0.2, 0.25) is 5.15 Å². The molecule has 34 heavy (non-hydrogen) atoms. The minimum atomic E-state index is -0.0553. The Balaban J connectivity index is 1.35. The first kappa shape index (κ1) is 22.4. The van der Waals surface area contributed by atoms with Crippen LogP contribution in [0.3, 0.4) is 0 Å². The molecule has 5 rings (SSSR count). The van der Waals surface area contributed by atoms with Crippen molar-refractivity contribution in [3.05, 3.63) is 119 Å². The Hall–Kier alpha value is -3.41. The number of halogens is 1. The molecule has 1 aromatic heterocycles. The summed E-state index contributed by atoms with van der Waals surface area (Å²) < 4.78 is 1.64. The Bertz CT molecular complexity index is 1210. The van der Waals surface area contributed by atoms with E-state index in [1.165, 1.54) is 11.1 Å². The molecule has 0 N–H and O–H groups in total. The lowest BCUT2D eigenvalue weighted by atomic mass is 9.96. The van der Waals surface area contributed by atoms with Gasteiger partial charge in [-0.3, -0.25) is 9.69 Å². The molecule has 0 atom stereocenters. The van der Waals surface area contributed by atoms with E-state index in [2.05, 4.69) is 58.5 Å². The number of rotatable bonds is 5. The molecule has 0 radical (unpaired) electrons. The van der Waals surface area contributed by atoms with Crippen molar-refractivity contribution in [2.75, 3.05) is 26.2 Å². The number of piperazine rings is 1. The fourth-order valence-electron chi connectivity index (χ4n) is 4.71. The van der Waals surface area contributed by atoms with E-state index in [4.69, 9.17) is 11.6 Å². The largest absolute Gasteiger partial charge is 0.336 e. The van der Waals surface area contributed by atoms with Crippen LogP contribution in [0.15, 0.2) is 91.0 Å². The highest BCUT2D eigenvalue weighted by atomic mass is 35.5. The van der Waals surface area contributed by atoms with Gasteiger partial charge in [0.1, 0.15) is 5.15 Å². The first-order chi connectivity index (χ1) is 16.6. The van der Waals surface area contributed by atoms with E-state index in [1.807, 2.05) is 54.3 Å². The third-order valence-corrected chi connectivity index (χ3v) is 6.77. The topological polar surface area (TPSA) is 41.4 Å². The molecule has 3 aromatic carbocycles. The van der Waals surface area contributed by atoms with E-state index < -0.39 is 0 Å². The van der Waals surface area contributed by atoms with Gasteiger partial charge >= 0.3 is 0 Å². The number of hydrogen-bond donors (Lipinski definition) is 0. The molecule has 1 fully saturated rings. The summed E-state index contributed by atoms with van der Waals surface area (Å²) in [6.07, 6.45) is 0. The second-order valence-corrected chi connectivity index (χ2v) is 8.91. The lowest BCUT2D eigenvalue weighted by Crippen LogP contribution is -2.50. The van der Waals surface area contributed by atoms with E-state index in [-0.39, 0.29) is 11.9 Å². The van der Waals surface area contributed by atoms with Crippen LogP contribution in [0.25, 0.3) is 5.69 Å². The van der Waals surface area contributed by atoms with Gasteiger partial charge in [0, 0.05) is 26.2 Å². The molecule has 1 aliphatic rings. The quantitative estimate of drug-likeness (QED) is 0.393. The molecular weight excluding hydrogens is 444 g/mol. The van der Waals surface area contributed by atoms with Gasteiger partial charge in [-0.2, -0.15) is 5.10 Å². The molecule has 1 amide bonds. The highest BCUT2D eigenvalue weighted by Crippen LogP contribution is 2.30. The maximum absolute atomic E-state index is 13.5. The summed E-state index contributed by atoms with van der Waals surface area (Å²) in [5.74, 6) is -0.0553. The first-order valence-corrected chi connectivity index (χ1v) is 11.9. The molecule has 172 valence electrons. The van der Waals surface area contributed by atoms with E-state index >= 15 is 0 Å². The number of hydrogen-bond acceptors (Lipinski definition) is 3. The number of amides is 1. The van der Waals surface area contributed by atoms with Crippen molar-refractivity contribution >= 4 is 17.5 Å². The molecule has 1 saturated heterocycles. The fourth-order valence-corrected chi connectivity index (χ4v) is 5.06. The summed E-state index contributed by atoms with van der Waals surface area (Å²) in [6, 6.07) is 31.0. The lowest BCUT2D eigenvalue weighted by Gasteiger charge is -2.39. The van der Waals surface area contributed by atoms with Crippen LogP contribution in [-0.4, -0.2) is 51.7 Å². The summed E-state index contributed by atoms with van der Waals surface area (Å²) in [5, 5.41) is 4.91. The minimum absolute atomic E-state index is 0.0553. The van der Waals surface area contributed by atoms with Crippen LogP contribution in [0.5, 0.6) is 0 Å². The molecular formula is C28H27ClN4O. The van der Waals surface area contributed by atoms with Crippen LogP contribution >= 0.6 is 11.6 Å². The Morgan fingerprint density at radius 1 is 0.794 bits per heavy atom. The molecule has 6 heteroatoms. The zero-order valence-corrected chi connectivity index (χ0v) is 19.9. The summed E-state index contributed by atoms with van der Waals surface area (Å²) in [6.45, 7) is 4.69. The molecule has 4 aromatic rings. The van der Waals surface area contributed by atoms with Crippen molar-refractivity contribution in [3.8, 4) is 5.69 Å². The van der Waals surface area contributed by atoms with E-state index in [1.54, 1.807) is 4.68 Å². The molecule has 0 spiro atoms. The van der Waals surface area contributed by atoms with Gasteiger partial charge in [-0.25, -0.2) is 4.68 Å². The monoisotopic (exact) mass is 470 g/mol. The van der Waals surface area contributed by atoms with Crippen molar-refractivity contribution < 1.29 is 4.79 Å². The highest BCUT2D eigenvalue weighted by molar-refractivity contribution is 6.33. The molecule has 0 saturated carbocycles. The second-order valence-electron chi connectivity index (χ2n) is 8.55. The Morgan fingerprint density at radius 2 is 1.29 bits per heavy atom. The number of carbonyl (C=O) groups excluding carboxylic acids is 1. The summed E-state index contributed by atoms with van der Waals surface area (Å²) in [7, 11) is 0. The Morgan fingerprint density at radius 3 is 1.82 bits per heavy atom. The first-order valence-electron chi connectivity index (χ1n) is 11.6. The van der Waals surface area contributed by atoms with Crippen LogP contribution in [0, 0.1) is 6.92 Å². The summed E-state index contributed by atoms with van der Waals surface area (Å²) in [5.41, 5.74) is 4.50. The van der Waals surface area contributed by atoms with Crippen molar-refractivity contribution in [1.29, 1.82) is 0 Å². The maximum Gasteiger partial charge on any atom is 0.258 e. The van der Waals surface area contributed by atoms with Gasteiger partial charge in [0.25, 0.3) is 5.91 Å². The molecule has 2 heterocycles. The van der Waals surface area contributed by atoms with Gasteiger partial charge in [-0.15, -0.1) is 0 Å². The fraction of sp³-hybridized carbons (Fsp3) is 0.214. The zero-order chi connectivity index (χ0) is 23.5. The SMILES string of the molecule is Cc1nn(-c2ccccc2)c(Cl)c1C(=O)N1CCN(C(c2ccccc2)c2ccccc2)CC1. The number of para-hydroxylation sites is 1. The standard InChI is InChI=1S/C28H27ClN4O/c1-21-25(27(29)33(30-21)24-15-9-4-10-16-24)28(34)32-19-17-31(18-20-32)26(22-11-5-2-6-12-22)23-13-7-3-8-14-23/h2-16,26H,17-20H2,1H3. The van der Waals surface area contributed by atoms with Crippen LogP contribution in [0.1, 0.15) is 33.2 Å². The Labute approximate surface area is 205 Å². The molecule has 0 aliphatic carbocycles. The third kappa shape index (κ3) is 4.37. The molecule has 0 unspecified atom stereocenters. The van der Waals surface area contributed by atoms with Crippen LogP contribution in [0.4, 0.5) is 0 Å².